The Morgan fingerprint density at radius 1 is 1.48 bits per heavy atom. The highest BCUT2D eigenvalue weighted by molar-refractivity contribution is 7.91. The molecule has 1 aromatic heterocycles. The van der Waals surface area contributed by atoms with Crippen LogP contribution in [0.5, 0.6) is 0 Å². The van der Waals surface area contributed by atoms with E-state index < -0.39 is 16.0 Å². The van der Waals surface area contributed by atoms with Crippen LogP contribution in [0.15, 0.2) is 9.72 Å². The van der Waals surface area contributed by atoms with Crippen LogP contribution >= 0.6 is 11.3 Å². The SMILES string of the molecule is COC(=O)c1ncsc1S(=O)(=O)NC(CN(C)C)C(C)C. The summed E-state index contributed by atoms with van der Waals surface area (Å²) in [5.41, 5.74) is 1.14. The minimum absolute atomic E-state index is 0.108. The minimum Gasteiger partial charge on any atom is -0.464 e. The zero-order valence-corrected chi connectivity index (χ0v) is 14.4. The molecule has 7 nitrogen and oxygen atoms in total. The second-order valence-electron chi connectivity index (χ2n) is 5.21. The number of sulfonamides is 1. The molecule has 0 radical (unpaired) electrons. The van der Waals surface area contributed by atoms with E-state index in [1.807, 2.05) is 32.8 Å². The lowest BCUT2D eigenvalue weighted by atomic mass is 10.1. The quantitative estimate of drug-likeness (QED) is 0.741. The van der Waals surface area contributed by atoms with Crippen molar-refractivity contribution in [3.8, 4) is 0 Å². The lowest BCUT2D eigenvalue weighted by molar-refractivity contribution is 0.0590. The molecule has 0 aliphatic heterocycles. The molecule has 1 atom stereocenters. The molecule has 0 aliphatic carbocycles. The summed E-state index contributed by atoms with van der Waals surface area (Å²) in [5.74, 6) is -0.651. The van der Waals surface area contributed by atoms with Crippen LogP contribution in [0.4, 0.5) is 0 Å². The van der Waals surface area contributed by atoms with Crippen LogP contribution in [0.25, 0.3) is 0 Å². The first-order valence-electron chi connectivity index (χ1n) is 6.38. The summed E-state index contributed by atoms with van der Waals surface area (Å²) in [7, 11) is 1.12. The van der Waals surface area contributed by atoms with Crippen LogP contribution < -0.4 is 4.72 Å². The third-order valence-electron chi connectivity index (χ3n) is 2.83. The van der Waals surface area contributed by atoms with Gasteiger partial charge in [0, 0.05) is 12.6 Å². The smallest absolute Gasteiger partial charge is 0.358 e. The van der Waals surface area contributed by atoms with Crippen LogP contribution in [-0.4, -0.2) is 58.1 Å². The number of carbonyl (C=O) groups excluding carboxylic acids is 1. The second kappa shape index (κ2) is 7.30. The van der Waals surface area contributed by atoms with Crippen molar-refractivity contribution in [2.45, 2.75) is 24.1 Å². The number of nitrogens with zero attached hydrogens (tertiary/aromatic N) is 2. The van der Waals surface area contributed by atoms with Gasteiger partial charge in [0.15, 0.2) is 9.90 Å². The first-order valence-corrected chi connectivity index (χ1v) is 8.74. The van der Waals surface area contributed by atoms with Gasteiger partial charge in [0.25, 0.3) is 10.0 Å². The van der Waals surface area contributed by atoms with Crippen molar-refractivity contribution in [2.24, 2.45) is 5.92 Å². The molecule has 0 aliphatic rings. The van der Waals surface area contributed by atoms with Gasteiger partial charge in [-0.05, 0) is 20.0 Å². The molecule has 120 valence electrons. The van der Waals surface area contributed by atoms with E-state index >= 15 is 0 Å². The van der Waals surface area contributed by atoms with E-state index in [-0.39, 0.29) is 21.9 Å². The number of likely N-dealkylation sites (N-methyl/N-ethyl adjacent to an activating group) is 1. The maximum Gasteiger partial charge on any atom is 0.358 e. The summed E-state index contributed by atoms with van der Waals surface area (Å²) < 4.78 is 32.0. The van der Waals surface area contributed by atoms with Gasteiger partial charge in [0.05, 0.1) is 12.6 Å². The predicted molar refractivity (Wildman–Crippen MR) is 81.0 cm³/mol. The van der Waals surface area contributed by atoms with Crippen LogP contribution in [0.3, 0.4) is 0 Å². The number of aromatic nitrogens is 1. The molecule has 0 bridgehead atoms. The Morgan fingerprint density at radius 2 is 2.10 bits per heavy atom. The van der Waals surface area contributed by atoms with E-state index in [1.54, 1.807) is 0 Å². The monoisotopic (exact) mass is 335 g/mol. The summed E-state index contributed by atoms with van der Waals surface area (Å²) in [4.78, 5) is 17.2. The molecule has 0 saturated carbocycles. The standard InChI is InChI=1S/C12H21N3O4S2/c1-8(2)9(6-15(3)4)14-21(17,18)12-10(11(16)19-5)13-7-20-12/h7-9,14H,6H2,1-5H3. The fourth-order valence-electron chi connectivity index (χ4n) is 1.69. The molecule has 1 aromatic rings. The molecule has 0 amide bonds. The number of methoxy groups -OCH3 is 1. The van der Waals surface area contributed by atoms with Gasteiger partial charge in [-0.1, -0.05) is 13.8 Å². The Hall–Kier alpha value is -1.03. The number of hydrogen-bond donors (Lipinski definition) is 1. The second-order valence-corrected chi connectivity index (χ2v) is 7.98. The highest BCUT2D eigenvalue weighted by atomic mass is 32.2. The van der Waals surface area contributed by atoms with Crippen molar-refractivity contribution >= 4 is 27.3 Å². The minimum atomic E-state index is -3.81. The summed E-state index contributed by atoms with van der Waals surface area (Å²) >= 11 is 0.897. The van der Waals surface area contributed by atoms with Gasteiger partial charge >= 0.3 is 5.97 Å². The average Bonchev–Trinajstić information content (AvgIpc) is 2.86. The van der Waals surface area contributed by atoms with E-state index in [4.69, 9.17) is 0 Å². The molecule has 1 unspecified atom stereocenters. The number of ether oxygens (including phenoxy) is 1. The third kappa shape index (κ3) is 4.73. The Morgan fingerprint density at radius 3 is 2.57 bits per heavy atom. The molecule has 1 heterocycles. The fraction of sp³-hybridized carbons (Fsp3) is 0.667. The van der Waals surface area contributed by atoms with Crippen LogP contribution in [0, 0.1) is 5.92 Å². The maximum absolute atomic E-state index is 12.5. The molecule has 0 fully saturated rings. The van der Waals surface area contributed by atoms with Gasteiger partial charge in [-0.3, -0.25) is 0 Å². The summed E-state index contributed by atoms with van der Waals surface area (Å²) in [6.07, 6.45) is 0. The average molecular weight is 335 g/mol. The third-order valence-corrected chi connectivity index (χ3v) is 5.69. The van der Waals surface area contributed by atoms with Crippen molar-refractivity contribution in [1.82, 2.24) is 14.6 Å². The van der Waals surface area contributed by atoms with Gasteiger partial charge in [-0.2, -0.15) is 0 Å². The van der Waals surface area contributed by atoms with Gasteiger partial charge in [0.2, 0.25) is 0 Å². The largest absolute Gasteiger partial charge is 0.464 e. The van der Waals surface area contributed by atoms with Crippen molar-refractivity contribution in [2.75, 3.05) is 27.7 Å². The van der Waals surface area contributed by atoms with Crippen molar-refractivity contribution in [1.29, 1.82) is 0 Å². The van der Waals surface area contributed by atoms with Crippen LogP contribution in [0.2, 0.25) is 0 Å². The van der Waals surface area contributed by atoms with Crippen molar-refractivity contribution in [3.63, 3.8) is 0 Å². The number of rotatable bonds is 7. The van der Waals surface area contributed by atoms with Gasteiger partial charge < -0.3 is 9.64 Å². The molecule has 1 rings (SSSR count). The number of esters is 1. The topological polar surface area (TPSA) is 88.6 Å². The molecule has 0 saturated heterocycles. The Balaban J connectivity index is 3.05. The summed E-state index contributed by atoms with van der Waals surface area (Å²) in [6.45, 7) is 4.43. The number of carbonyl (C=O) groups is 1. The molecule has 0 aromatic carbocycles. The lowest BCUT2D eigenvalue weighted by Crippen LogP contribution is -2.45. The van der Waals surface area contributed by atoms with E-state index in [2.05, 4.69) is 14.4 Å². The molecule has 21 heavy (non-hydrogen) atoms. The highest BCUT2D eigenvalue weighted by Gasteiger charge is 2.29. The predicted octanol–water partition coefficient (Wildman–Crippen LogP) is 0.794. The molecular formula is C12H21N3O4S2. The first kappa shape index (κ1) is 18.0. The highest BCUT2D eigenvalue weighted by Crippen LogP contribution is 2.21. The van der Waals surface area contributed by atoms with Gasteiger partial charge in [-0.25, -0.2) is 22.9 Å². The fourth-order valence-corrected chi connectivity index (χ4v) is 4.21. The van der Waals surface area contributed by atoms with E-state index in [0.29, 0.717) is 6.54 Å². The molecular weight excluding hydrogens is 314 g/mol. The van der Waals surface area contributed by atoms with Crippen molar-refractivity contribution in [3.05, 3.63) is 11.2 Å². The zero-order valence-electron chi connectivity index (χ0n) is 12.8. The van der Waals surface area contributed by atoms with E-state index in [9.17, 15) is 13.2 Å². The maximum atomic E-state index is 12.5. The van der Waals surface area contributed by atoms with E-state index in [0.717, 1.165) is 11.3 Å². The van der Waals surface area contributed by atoms with E-state index in [1.165, 1.54) is 12.6 Å². The zero-order chi connectivity index (χ0) is 16.2. The van der Waals surface area contributed by atoms with Crippen LogP contribution in [0.1, 0.15) is 24.3 Å². The van der Waals surface area contributed by atoms with Gasteiger partial charge in [0.1, 0.15) is 0 Å². The summed E-state index contributed by atoms with van der Waals surface area (Å²) in [5, 5.41) is 0. The lowest BCUT2D eigenvalue weighted by Gasteiger charge is -2.25. The number of nitrogens with one attached hydrogen (secondary N) is 1. The molecule has 0 spiro atoms. The van der Waals surface area contributed by atoms with Gasteiger partial charge in [-0.15, -0.1) is 11.3 Å². The number of hydrogen-bond acceptors (Lipinski definition) is 7. The molecule has 9 heteroatoms. The number of thiazole rings is 1. The Bertz CT molecular complexity index is 581. The molecule has 1 N–H and O–H groups in total. The normalized spacial score (nSPS) is 13.7. The summed E-state index contributed by atoms with van der Waals surface area (Å²) in [6, 6.07) is -0.266. The van der Waals surface area contributed by atoms with Crippen LogP contribution in [-0.2, 0) is 14.8 Å². The Labute approximate surface area is 129 Å². The van der Waals surface area contributed by atoms with Crippen molar-refractivity contribution < 1.29 is 17.9 Å². The first-order chi connectivity index (χ1) is 9.69. The Kier molecular flexibility index (Phi) is 6.26.